The van der Waals surface area contributed by atoms with Crippen molar-refractivity contribution in [3.05, 3.63) is 41.5 Å². The highest BCUT2D eigenvalue weighted by Gasteiger charge is 2.32. The van der Waals surface area contributed by atoms with Crippen LogP contribution in [0.2, 0.25) is 0 Å². The number of benzene rings is 1. The zero-order valence-electron chi connectivity index (χ0n) is 11.9. The van der Waals surface area contributed by atoms with E-state index < -0.39 is 0 Å². The zero-order chi connectivity index (χ0) is 15.2. The molecule has 0 aliphatic carbocycles. The predicted molar refractivity (Wildman–Crippen MR) is 79.0 cm³/mol. The average molecular weight is 283 g/mol. The van der Waals surface area contributed by atoms with Gasteiger partial charge in [-0.25, -0.2) is 0 Å². The van der Waals surface area contributed by atoms with E-state index in [4.69, 9.17) is 5.26 Å². The fourth-order valence-corrected chi connectivity index (χ4v) is 2.44. The summed E-state index contributed by atoms with van der Waals surface area (Å²) in [6.45, 7) is 0.597. The average Bonchev–Trinajstić information content (AvgIpc) is 3.01. The van der Waals surface area contributed by atoms with Crippen LogP contribution in [0.3, 0.4) is 0 Å². The van der Waals surface area contributed by atoms with Crippen molar-refractivity contribution in [1.29, 1.82) is 5.26 Å². The van der Waals surface area contributed by atoms with Crippen molar-refractivity contribution in [2.24, 2.45) is 0 Å². The summed E-state index contributed by atoms with van der Waals surface area (Å²) in [6.07, 6.45) is 4.66. The Morgan fingerprint density at radius 2 is 2.29 bits per heavy atom. The third kappa shape index (κ3) is 3.48. The number of rotatable bonds is 3. The molecule has 108 valence electrons. The van der Waals surface area contributed by atoms with E-state index in [1.54, 1.807) is 36.2 Å². The second kappa shape index (κ2) is 6.71. The molecule has 0 unspecified atom stereocenters. The van der Waals surface area contributed by atoms with Crippen LogP contribution in [0, 0.1) is 11.3 Å². The molecule has 21 heavy (non-hydrogen) atoms. The van der Waals surface area contributed by atoms with Crippen LogP contribution in [0.15, 0.2) is 30.3 Å². The van der Waals surface area contributed by atoms with Crippen molar-refractivity contribution in [1.82, 2.24) is 10.2 Å². The molecule has 1 aromatic carbocycles. The van der Waals surface area contributed by atoms with Gasteiger partial charge >= 0.3 is 0 Å². The summed E-state index contributed by atoms with van der Waals surface area (Å²) >= 11 is 0. The zero-order valence-corrected chi connectivity index (χ0v) is 11.9. The smallest absolute Gasteiger partial charge is 0.247 e. The van der Waals surface area contributed by atoms with Gasteiger partial charge in [0.25, 0.3) is 0 Å². The van der Waals surface area contributed by atoms with Crippen LogP contribution in [-0.4, -0.2) is 36.3 Å². The van der Waals surface area contributed by atoms with Gasteiger partial charge in [-0.05, 0) is 36.6 Å². The molecular formula is C16H17N3O2. The second-order valence-electron chi connectivity index (χ2n) is 4.87. The number of amides is 2. The van der Waals surface area contributed by atoms with Crippen molar-refractivity contribution in [3.63, 3.8) is 0 Å². The van der Waals surface area contributed by atoms with Gasteiger partial charge in [0.15, 0.2) is 0 Å². The molecule has 0 aromatic heterocycles. The van der Waals surface area contributed by atoms with Crippen LogP contribution >= 0.6 is 0 Å². The van der Waals surface area contributed by atoms with Gasteiger partial charge in [0.05, 0.1) is 11.6 Å². The summed E-state index contributed by atoms with van der Waals surface area (Å²) in [4.78, 5) is 25.5. The Morgan fingerprint density at radius 3 is 3.00 bits per heavy atom. The fraction of sp³-hybridized carbons (Fsp3) is 0.312. The van der Waals surface area contributed by atoms with Gasteiger partial charge in [-0.1, -0.05) is 12.1 Å². The Kier molecular flexibility index (Phi) is 4.72. The Morgan fingerprint density at radius 1 is 1.48 bits per heavy atom. The summed E-state index contributed by atoms with van der Waals surface area (Å²) < 4.78 is 0. The van der Waals surface area contributed by atoms with E-state index in [2.05, 4.69) is 11.4 Å². The molecule has 0 spiro atoms. The maximum absolute atomic E-state index is 12.2. The molecule has 1 N–H and O–H groups in total. The van der Waals surface area contributed by atoms with Crippen molar-refractivity contribution in [3.8, 4) is 6.07 Å². The van der Waals surface area contributed by atoms with E-state index in [1.165, 1.54) is 6.08 Å². The standard InChI is InChI=1S/C16H17N3O2/c1-18-16(21)14-6-3-9-19(14)15(20)8-7-12-4-2-5-13(10-12)11-17/h2,4-5,7-8,10,14H,3,6,9H2,1H3,(H,18,21)/b8-7+/t14-/m0/s1. The number of likely N-dealkylation sites (N-methyl/N-ethyl adjacent to an activating group) is 1. The SMILES string of the molecule is CNC(=O)[C@@H]1CCCN1C(=O)/C=C/c1cccc(C#N)c1. The predicted octanol–water partition coefficient (Wildman–Crippen LogP) is 1.31. The third-order valence-electron chi connectivity index (χ3n) is 3.52. The quantitative estimate of drug-likeness (QED) is 0.850. The van der Waals surface area contributed by atoms with Crippen LogP contribution in [0.5, 0.6) is 0 Å². The van der Waals surface area contributed by atoms with Gasteiger partial charge in [0.2, 0.25) is 11.8 Å². The van der Waals surface area contributed by atoms with E-state index in [1.807, 2.05) is 6.07 Å². The van der Waals surface area contributed by atoms with Crippen LogP contribution in [0.1, 0.15) is 24.0 Å². The first-order chi connectivity index (χ1) is 10.2. The molecule has 1 saturated heterocycles. The summed E-state index contributed by atoms with van der Waals surface area (Å²) in [5.74, 6) is -0.302. The molecule has 1 aliphatic heterocycles. The molecule has 1 atom stereocenters. The van der Waals surface area contributed by atoms with Gasteiger partial charge in [0.1, 0.15) is 6.04 Å². The van der Waals surface area contributed by atoms with E-state index in [9.17, 15) is 9.59 Å². The molecule has 5 heteroatoms. The highest BCUT2D eigenvalue weighted by molar-refractivity contribution is 5.96. The van der Waals surface area contributed by atoms with Crippen LogP contribution in [0.4, 0.5) is 0 Å². The number of hydrogen-bond donors (Lipinski definition) is 1. The molecule has 1 aliphatic rings. The lowest BCUT2D eigenvalue weighted by Crippen LogP contribution is -2.44. The van der Waals surface area contributed by atoms with E-state index in [0.717, 1.165) is 12.0 Å². The summed E-state index contributed by atoms with van der Waals surface area (Å²) in [5.41, 5.74) is 1.34. The van der Waals surface area contributed by atoms with E-state index in [-0.39, 0.29) is 17.9 Å². The van der Waals surface area contributed by atoms with Crippen molar-refractivity contribution >= 4 is 17.9 Å². The molecule has 0 radical (unpaired) electrons. The summed E-state index contributed by atoms with van der Waals surface area (Å²) in [5, 5.41) is 11.4. The molecule has 5 nitrogen and oxygen atoms in total. The minimum Gasteiger partial charge on any atom is -0.357 e. The molecule has 1 aromatic rings. The molecule has 0 bridgehead atoms. The monoisotopic (exact) mass is 283 g/mol. The molecule has 2 rings (SSSR count). The van der Waals surface area contributed by atoms with Gasteiger partial charge in [-0.3, -0.25) is 9.59 Å². The Balaban J connectivity index is 2.08. The van der Waals surface area contributed by atoms with Crippen LogP contribution in [-0.2, 0) is 9.59 Å². The molecule has 0 saturated carbocycles. The first kappa shape index (κ1) is 14.8. The lowest BCUT2D eigenvalue weighted by molar-refractivity contribution is -0.134. The fourth-order valence-electron chi connectivity index (χ4n) is 2.44. The second-order valence-corrected chi connectivity index (χ2v) is 4.87. The molecular weight excluding hydrogens is 266 g/mol. The number of carbonyl (C=O) groups is 2. The number of nitriles is 1. The largest absolute Gasteiger partial charge is 0.357 e. The van der Waals surface area contributed by atoms with Crippen LogP contribution in [0.25, 0.3) is 6.08 Å². The first-order valence-corrected chi connectivity index (χ1v) is 6.86. The minimum atomic E-state index is -0.377. The first-order valence-electron chi connectivity index (χ1n) is 6.86. The highest BCUT2D eigenvalue weighted by Crippen LogP contribution is 2.18. The molecule has 2 amide bonds. The normalized spacial score (nSPS) is 17.7. The lowest BCUT2D eigenvalue weighted by atomic mass is 10.1. The maximum Gasteiger partial charge on any atom is 0.247 e. The highest BCUT2D eigenvalue weighted by atomic mass is 16.2. The summed E-state index contributed by atoms with van der Waals surface area (Å²) in [6, 6.07) is 8.70. The molecule has 1 fully saturated rings. The topological polar surface area (TPSA) is 73.2 Å². The van der Waals surface area contributed by atoms with Crippen molar-refractivity contribution in [2.45, 2.75) is 18.9 Å². The van der Waals surface area contributed by atoms with E-state index >= 15 is 0 Å². The Hall–Kier alpha value is -2.61. The van der Waals surface area contributed by atoms with Gasteiger partial charge in [0, 0.05) is 19.7 Å². The Labute approximate surface area is 123 Å². The van der Waals surface area contributed by atoms with Gasteiger partial charge in [-0.15, -0.1) is 0 Å². The van der Waals surface area contributed by atoms with Gasteiger partial charge in [-0.2, -0.15) is 5.26 Å². The van der Waals surface area contributed by atoms with E-state index in [0.29, 0.717) is 18.5 Å². The number of likely N-dealkylation sites (tertiary alicyclic amines) is 1. The van der Waals surface area contributed by atoms with Crippen molar-refractivity contribution < 1.29 is 9.59 Å². The third-order valence-corrected chi connectivity index (χ3v) is 3.52. The number of carbonyl (C=O) groups excluding carboxylic acids is 2. The number of nitrogens with zero attached hydrogens (tertiary/aromatic N) is 2. The molecule has 1 heterocycles. The summed E-state index contributed by atoms with van der Waals surface area (Å²) in [7, 11) is 1.58. The van der Waals surface area contributed by atoms with Crippen LogP contribution < -0.4 is 5.32 Å². The Bertz CT molecular complexity index is 616. The maximum atomic E-state index is 12.2. The van der Waals surface area contributed by atoms with Gasteiger partial charge < -0.3 is 10.2 Å². The minimum absolute atomic E-state index is 0.124. The number of hydrogen-bond acceptors (Lipinski definition) is 3. The lowest BCUT2D eigenvalue weighted by Gasteiger charge is -2.21. The van der Waals surface area contributed by atoms with Crippen molar-refractivity contribution in [2.75, 3.05) is 13.6 Å². The number of nitrogens with one attached hydrogen (secondary N) is 1.